The number of pyridine rings is 1. The Morgan fingerprint density at radius 3 is 2.62 bits per heavy atom. The third kappa shape index (κ3) is 4.22. The van der Waals surface area contributed by atoms with Crippen molar-refractivity contribution in [3.05, 3.63) is 47.0 Å². The van der Waals surface area contributed by atoms with E-state index in [1.165, 1.54) is 11.8 Å². The van der Waals surface area contributed by atoms with Gasteiger partial charge in [-0.3, -0.25) is 4.79 Å². The first kappa shape index (κ1) is 15.4. The maximum absolute atomic E-state index is 10.6. The van der Waals surface area contributed by atoms with Crippen molar-refractivity contribution >= 4 is 29.3 Å². The number of hydrogen-bond donors (Lipinski definition) is 1. The normalized spacial score (nSPS) is 10.1. The van der Waals surface area contributed by atoms with Crippen molar-refractivity contribution in [2.24, 2.45) is 0 Å². The second kappa shape index (κ2) is 7.11. The Balaban J connectivity index is 2.26. The summed E-state index contributed by atoms with van der Waals surface area (Å²) in [5, 5.41) is 18.9. The number of benzene rings is 1. The zero-order chi connectivity index (χ0) is 15.2. The van der Waals surface area contributed by atoms with Crippen molar-refractivity contribution in [1.29, 1.82) is 5.26 Å². The van der Waals surface area contributed by atoms with E-state index in [1.54, 1.807) is 24.3 Å². The minimum atomic E-state index is -0.866. The van der Waals surface area contributed by atoms with Gasteiger partial charge in [-0.05, 0) is 24.3 Å². The van der Waals surface area contributed by atoms with Crippen molar-refractivity contribution in [2.75, 3.05) is 5.75 Å². The number of nitriles is 1. The fourth-order valence-corrected chi connectivity index (χ4v) is 2.68. The molecular formula is C15H11ClN2O2S. The summed E-state index contributed by atoms with van der Waals surface area (Å²) in [6.07, 6.45) is 0.0301. The molecule has 0 saturated heterocycles. The largest absolute Gasteiger partial charge is 0.481 e. The lowest BCUT2D eigenvalue weighted by molar-refractivity contribution is -0.136. The highest BCUT2D eigenvalue weighted by Gasteiger charge is 2.09. The van der Waals surface area contributed by atoms with Crippen molar-refractivity contribution < 1.29 is 9.90 Å². The van der Waals surface area contributed by atoms with Gasteiger partial charge in [0.15, 0.2) is 0 Å². The smallest absolute Gasteiger partial charge is 0.304 e. The average molecular weight is 319 g/mol. The van der Waals surface area contributed by atoms with Gasteiger partial charge in [-0.15, -0.1) is 11.8 Å². The lowest BCUT2D eigenvalue weighted by Crippen LogP contribution is -1.97. The highest BCUT2D eigenvalue weighted by atomic mass is 35.5. The van der Waals surface area contributed by atoms with Crippen LogP contribution in [-0.4, -0.2) is 21.8 Å². The van der Waals surface area contributed by atoms with E-state index in [4.69, 9.17) is 22.0 Å². The standard InChI is InChI=1S/C15H11ClN2O2S/c16-12-4-1-10(2-5-12)13-6-3-11(9-17)15(18-13)21-8-7-14(19)20/h1-6H,7-8H2,(H,19,20). The van der Waals surface area contributed by atoms with Crippen LogP contribution in [0.5, 0.6) is 0 Å². The zero-order valence-electron chi connectivity index (χ0n) is 10.9. The van der Waals surface area contributed by atoms with Crippen LogP contribution in [0, 0.1) is 11.3 Å². The SMILES string of the molecule is N#Cc1ccc(-c2ccc(Cl)cc2)nc1SCCC(=O)O. The van der Waals surface area contributed by atoms with Gasteiger partial charge >= 0.3 is 5.97 Å². The molecule has 0 aliphatic heterocycles. The van der Waals surface area contributed by atoms with Crippen LogP contribution in [0.2, 0.25) is 5.02 Å². The van der Waals surface area contributed by atoms with Crippen LogP contribution in [0.25, 0.3) is 11.3 Å². The first-order valence-electron chi connectivity index (χ1n) is 6.12. The Bertz CT molecular complexity index is 696. The van der Waals surface area contributed by atoms with Crippen molar-refractivity contribution in [2.45, 2.75) is 11.4 Å². The molecule has 0 aliphatic carbocycles. The molecule has 0 saturated carbocycles. The number of aromatic nitrogens is 1. The van der Waals surface area contributed by atoms with Crippen LogP contribution < -0.4 is 0 Å². The van der Waals surface area contributed by atoms with Gasteiger partial charge in [-0.1, -0.05) is 23.7 Å². The molecular weight excluding hydrogens is 308 g/mol. The van der Waals surface area contributed by atoms with E-state index in [-0.39, 0.29) is 6.42 Å². The van der Waals surface area contributed by atoms with Gasteiger partial charge < -0.3 is 5.11 Å². The van der Waals surface area contributed by atoms with E-state index in [2.05, 4.69) is 11.1 Å². The Morgan fingerprint density at radius 2 is 2.00 bits per heavy atom. The lowest BCUT2D eigenvalue weighted by atomic mass is 10.1. The zero-order valence-corrected chi connectivity index (χ0v) is 12.5. The van der Waals surface area contributed by atoms with E-state index >= 15 is 0 Å². The molecule has 0 spiro atoms. The summed E-state index contributed by atoms with van der Waals surface area (Å²) in [4.78, 5) is 15.0. The van der Waals surface area contributed by atoms with Crippen LogP contribution in [0.15, 0.2) is 41.4 Å². The molecule has 1 heterocycles. The van der Waals surface area contributed by atoms with Gasteiger partial charge in [0, 0.05) is 16.3 Å². The van der Waals surface area contributed by atoms with E-state index in [0.29, 0.717) is 21.4 Å². The number of hydrogen-bond acceptors (Lipinski definition) is 4. The first-order chi connectivity index (χ1) is 10.1. The van der Waals surface area contributed by atoms with Crippen LogP contribution >= 0.6 is 23.4 Å². The predicted molar refractivity (Wildman–Crippen MR) is 82.4 cm³/mol. The van der Waals surface area contributed by atoms with Crippen LogP contribution in [0.3, 0.4) is 0 Å². The van der Waals surface area contributed by atoms with Crippen molar-refractivity contribution in [3.8, 4) is 17.3 Å². The van der Waals surface area contributed by atoms with E-state index in [1.807, 2.05) is 12.1 Å². The van der Waals surface area contributed by atoms with Crippen molar-refractivity contribution in [1.82, 2.24) is 4.98 Å². The molecule has 1 aromatic heterocycles. The highest BCUT2D eigenvalue weighted by molar-refractivity contribution is 7.99. The number of carbonyl (C=O) groups is 1. The van der Waals surface area contributed by atoms with Gasteiger partial charge in [-0.25, -0.2) is 4.98 Å². The predicted octanol–water partition coefficient (Wildman–Crippen LogP) is 3.84. The molecule has 106 valence electrons. The molecule has 6 heteroatoms. The Labute approximate surface area is 131 Å². The maximum Gasteiger partial charge on any atom is 0.304 e. The Hall–Kier alpha value is -2.03. The molecule has 1 N–H and O–H groups in total. The Kier molecular flexibility index (Phi) is 5.20. The minimum absolute atomic E-state index is 0.0301. The van der Waals surface area contributed by atoms with E-state index in [9.17, 15) is 4.79 Å². The summed E-state index contributed by atoms with van der Waals surface area (Å²) >= 11 is 7.12. The quantitative estimate of drug-likeness (QED) is 0.848. The summed E-state index contributed by atoms with van der Waals surface area (Å²) < 4.78 is 0. The van der Waals surface area contributed by atoms with Gasteiger partial charge in [0.1, 0.15) is 11.1 Å². The Morgan fingerprint density at radius 1 is 1.29 bits per heavy atom. The molecule has 0 atom stereocenters. The molecule has 0 unspecified atom stereocenters. The minimum Gasteiger partial charge on any atom is -0.481 e. The number of carboxylic acids is 1. The topological polar surface area (TPSA) is 74.0 Å². The average Bonchev–Trinajstić information content (AvgIpc) is 2.47. The molecule has 4 nitrogen and oxygen atoms in total. The monoisotopic (exact) mass is 318 g/mol. The van der Waals surface area contributed by atoms with Gasteiger partial charge in [0.25, 0.3) is 0 Å². The van der Waals surface area contributed by atoms with Crippen LogP contribution in [-0.2, 0) is 4.79 Å². The molecule has 0 aliphatic rings. The van der Waals surface area contributed by atoms with Crippen LogP contribution in [0.4, 0.5) is 0 Å². The van der Waals surface area contributed by atoms with Gasteiger partial charge in [0.05, 0.1) is 17.7 Å². The molecule has 0 fully saturated rings. The molecule has 0 radical (unpaired) electrons. The summed E-state index contributed by atoms with van der Waals surface area (Å²) in [6, 6.07) is 12.8. The molecule has 0 bridgehead atoms. The summed E-state index contributed by atoms with van der Waals surface area (Å²) in [7, 11) is 0. The van der Waals surface area contributed by atoms with E-state index in [0.717, 1.165) is 11.3 Å². The van der Waals surface area contributed by atoms with E-state index < -0.39 is 5.97 Å². The first-order valence-corrected chi connectivity index (χ1v) is 7.48. The highest BCUT2D eigenvalue weighted by Crippen LogP contribution is 2.26. The summed E-state index contributed by atoms with van der Waals surface area (Å²) in [5.74, 6) is -0.490. The van der Waals surface area contributed by atoms with Crippen LogP contribution in [0.1, 0.15) is 12.0 Å². The number of carboxylic acid groups (broad SMARTS) is 1. The van der Waals surface area contributed by atoms with Gasteiger partial charge in [0.2, 0.25) is 0 Å². The number of thioether (sulfide) groups is 1. The molecule has 0 amide bonds. The molecule has 2 aromatic rings. The number of aliphatic carboxylic acids is 1. The number of nitrogens with zero attached hydrogens (tertiary/aromatic N) is 2. The molecule has 1 aromatic carbocycles. The second-order valence-electron chi connectivity index (χ2n) is 4.16. The third-order valence-electron chi connectivity index (χ3n) is 2.68. The lowest BCUT2D eigenvalue weighted by Gasteiger charge is -2.06. The van der Waals surface area contributed by atoms with Crippen molar-refractivity contribution in [3.63, 3.8) is 0 Å². The van der Waals surface area contributed by atoms with Gasteiger partial charge in [-0.2, -0.15) is 5.26 Å². The number of rotatable bonds is 5. The molecule has 2 rings (SSSR count). The second-order valence-corrected chi connectivity index (χ2v) is 5.68. The summed E-state index contributed by atoms with van der Waals surface area (Å²) in [5.41, 5.74) is 2.07. The fourth-order valence-electron chi connectivity index (χ4n) is 1.65. The number of halogens is 1. The third-order valence-corrected chi connectivity index (χ3v) is 3.92. The maximum atomic E-state index is 10.6. The molecule has 21 heavy (non-hydrogen) atoms. The summed E-state index contributed by atoms with van der Waals surface area (Å²) in [6.45, 7) is 0. The fraction of sp³-hybridized carbons (Fsp3) is 0.133.